The number of carbonyl (C=O) groups is 1. The molecule has 0 aliphatic heterocycles. The zero-order valence-electron chi connectivity index (χ0n) is 14.6. The number of nitrogens with one attached hydrogen (secondary N) is 1. The molecule has 1 aromatic heterocycles. The molecule has 0 atom stereocenters. The van der Waals surface area contributed by atoms with Gasteiger partial charge in [-0.25, -0.2) is 4.79 Å². The fourth-order valence-corrected chi connectivity index (χ4v) is 3.11. The van der Waals surface area contributed by atoms with Crippen LogP contribution in [0.3, 0.4) is 0 Å². The number of aromatic hydroxyl groups is 1. The Kier molecular flexibility index (Phi) is 4.81. The molecule has 3 rings (SSSR count). The van der Waals surface area contributed by atoms with Gasteiger partial charge in [-0.15, -0.1) is 0 Å². The van der Waals surface area contributed by atoms with Crippen molar-refractivity contribution in [2.45, 2.75) is 20.4 Å². The van der Waals surface area contributed by atoms with E-state index in [0.29, 0.717) is 17.8 Å². The van der Waals surface area contributed by atoms with Crippen LogP contribution < -0.4 is 5.32 Å². The van der Waals surface area contributed by atoms with Crippen LogP contribution in [0.15, 0.2) is 42.5 Å². The first-order valence-corrected chi connectivity index (χ1v) is 8.38. The minimum Gasteiger partial charge on any atom is -0.508 e. The number of amides is 1. The van der Waals surface area contributed by atoms with Gasteiger partial charge in [-0.1, -0.05) is 12.1 Å². The lowest BCUT2D eigenvalue weighted by molar-refractivity contribution is 0.168. The number of nitrogens with zero attached hydrogens (tertiary/aromatic N) is 2. The van der Waals surface area contributed by atoms with Crippen molar-refractivity contribution in [2.24, 2.45) is 0 Å². The minimum atomic E-state index is -0.522. The summed E-state index contributed by atoms with van der Waals surface area (Å²) in [6.07, 6.45) is -0.522. The monoisotopic (exact) mass is 349 g/mol. The van der Waals surface area contributed by atoms with Gasteiger partial charge in [-0.3, -0.25) is 5.32 Å². The Labute approximate surface area is 151 Å². The van der Waals surface area contributed by atoms with Crippen molar-refractivity contribution in [3.05, 3.63) is 48.0 Å². The first kappa shape index (κ1) is 17.4. The molecule has 1 amide bonds. The van der Waals surface area contributed by atoms with Crippen molar-refractivity contribution >= 4 is 22.7 Å². The van der Waals surface area contributed by atoms with E-state index in [4.69, 9.17) is 4.74 Å². The summed E-state index contributed by atoms with van der Waals surface area (Å²) in [4.78, 5) is 11.7. The number of carbonyl (C=O) groups excluding carboxylic acids is 1. The third kappa shape index (κ3) is 3.07. The van der Waals surface area contributed by atoms with Gasteiger partial charge in [-0.05, 0) is 38.1 Å². The molecule has 0 aliphatic rings. The summed E-state index contributed by atoms with van der Waals surface area (Å²) < 4.78 is 6.89. The summed E-state index contributed by atoms with van der Waals surface area (Å²) in [6, 6.07) is 14.5. The smallest absolute Gasteiger partial charge is 0.411 e. The van der Waals surface area contributed by atoms with Crippen LogP contribution >= 0.6 is 0 Å². The second-order valence-electron chi connectivity index (χ2n) is 5.71. The molecule has 6 nitrogen and oxygen atoms in total. The maximum Gasteiger partial charge on any atom is 0.411 e. The average Bonchev–Trinajstić information content (AvgIpc) is 2.94. The van der Waals surface area contributed by atoms with Gasteiger partial charge in [0.05, 0.1) is 23.4 Å². The fourth-order valence-electron chi connectivity index (χ4n) is 3.11. The fraction of sp³-hybridized carbons (Fsp3) is 0.200. The summed E-state index contributed by atoms with van der Waals surface area (Å²) in [6.45, 7) is 4.64. The quantitative estimate of drug-likeness (QED) is 0.727. The Morgan fingerprint density at radius 1 is 1.27 bits per heavy atom. The van der Waals surface area contributed by atoms with E-state index in [9.17, 15) is 15.2 Å². The predicted octanol–water partition coefficient (Wildman–Crippen LogP) is 4.47. The van der Waals surface area contributed by atoms with Crippen molar-refractivity contribution in [1.29, 1.82) is 5.26 Å². The summed E-state index contributed by atoms with van der Waals surface area (Å²) in [5.74, 6) is 0.151. The van der Waals surface area contributed by atoms with Crippen molar-refractivity contribution in [3.8, 4) is 23.1 Å². The Bertz CT molecular complexity index is 1020. The number of fused-ring (bicyclic) bond motifs is 1. The van der Waals surface area contributed by atoms with Crippen LogP contribution in [-0.4, -0.2) is 22.4 Å². The van der Waals surface area contributed by atoms with E-state index < -0.39 is 6.09 Å². The maximum absolute atomic E-state index is 11.7. The van der Waals surface area contributed by atoms with Gasteiger partial charge in [0.15, 0.2) is 0 Å². The summed E-state index contributed by atoms with van der Waals surface area (Å²) in [5.41, 5.74) is 3.47. The van der Waals surface area contributed by atoms with Crippen LogP contribution in [0.25, 0.3) is 22.2 Å². The van der Waals surface area contributed by atoms with Gasteiger partial charge >= 0.3 is 6.09 Å². The number of hydrogen-bond donors (Lipinski definition) is 2. The molecule has 2 aromatic carbocycles. The number of rotatable bonds is 4. The molecule has 0 saturated heterocycles. The van der Waals surface area contributed by atoms with Crippen molar-refractivity contribution in [3.63, 3.8) is 0 Å². The Hall–Kier alpha value is -3.46. The van der Waals surface area contributed by atoms with E-state index in [-0.39, 0.29) is 12.4 Å². The molecule has 3 aromatic rings. The molecule has 0 saturated carbocycles. The molecule has 0 radical (unpaired) electrons. The van der Waals surface area contributed by atoms with Crippen LogP contribution in [0, 0.1) is 11.3 Å². The third-order valence-corrected chi connectivity index (χ3v) is 4.13. The van der Waals surface area contributed by atoms with Gasteiger partial charge in [-0.2, -0.15) is 5.26 Å². The SMILES string of the molecule is CCOC(=O)Nc1cccc(-c2c(C#N)c3ccc(O)cc3n2CC)c1. The lowest BCUT2D eigenvalue weighted by Gasteiger charge is -2.11. The molecule has 6 heteroatoms. The van der Waals surface area contributed by atoms with Gasteiger partial charge in [0.25, 0.3) is 0 Å². The lowest BCUT2D eigenvalue weighted by atomic mass is 10.1. The Morgan fingerprint density at radius 3 is 2.77 bits per heavy atom. The number of anilines is 1. The summed E-state index contributed by atoms with van der Waals surface area (Å²) in [7, 11) is 0. The van der Waals surface area contributed by atoms with Crippen molar-refractivity contribution < 1.29 is 14.6 Å². The zero-order valence-corrected chi connectivity index (χ0v) is 14.6. The normalized spacial score (nSPS) is 10.5. The first-order chi connectivity index (χ1) is 12.6. The standard InChI is InChI=1S/C20H19N3O3/c1-3-23-18-11-15(24)8-9-16(18)17(12-21)19(23)13-6-5-7-14(10-13)22-20(25)26-4-2/h5-11,24H,3-4H2,1-2H3,(H,22,25). The summed E-state index contributed by atoms with van der Waals surface area (Å²) >= 11 is 0. The number of hydrogen-bond acceptors (Lipinski definition) is 4. The van der Waals surface area contributed by atoms with E-state index in [0.717, 1.165) is 22.2 Å². The number of aryl methyl sites for hydroxylation is 1. The van der Waals surface area contributed by atoms with E-state index in [1.54, 1.807) is 37.3 Å². The predicted molar refractivity (Wildman–Crippen MR) is 100 cm³/mol. The van der Waals surface area contributed by atoms with E-state index in [2.05, 4.69) is 11.4 Å². The highest BCUT2D eigenvalue weighted by atomic mass is 16.5. The molecular weight excluding hydrogens is 330 g/mol. The van der Waals surface area contributed by atoms with Gasteiger partial charge < -0.3 is 14.4 Å². The zero-order chi connectivity index (χ0) is 18.7. The third-order valence-electron chi connectivity index (χ3n) is 4.13. The Balaban J connectivity index is 2.16. The van der Waals surface area contributed by atoms with E-state index >= 15 is 0 Å². The number of benzene rings is 2. The van der Waals surface area contributed by atoms with Gasteiger partial charge in [0.2, 0.25) is 0 Å². The first-order valence-electron chi connectivity index (χ1n) is 8.38. The van der Waals surface area contributed by atoms with Crippen LogP contribution in [0.4, 0.5) is 10.5 Å². The molecule has 0 aliphatic carbocycles. The van der Waals surface area contributed by atoms with Crippen LogP contribution in [0.1, 0.15) is 19.4 Å². The summed E-state index contributed by atoms with van der Waals surface area (Å²) in [5, 5.41) is 23.0. The van der Waals surface area contributed by atoms with E-state index in [1.165, 1.54) is 0 Å². The second kappa shape index (κ2) is 7.19. The van der Waals surface area contributed by atoms with Crippen LogP contribution in [0.2, 0.25) is 0 Å². The number of ether oxygens (including phenoxy) is 1. The lowest BCUT2D eigenvalue weighted by Crippen LogP contribution is -2.13. The van der Waals surface area contributed by atoms with Crippen molar-refractivity contribution in [2.75, 3.05) is 11.9 Å². The number of aromatic nitrogens is 1. The molecule has 1 heterocycles. The maximum atomic E-state index is 11.7. The number of phenols is 1. The number of phenolic OH excluding ortho intramolecular Hbond substituents is 1. The molecule has 0 unspecified atom stereocenters. The van der Waals surface area contributed by atoms with Gasteiger partial charge in [0.1, 0.15) is 11.8 Å². The molecule has 0 bridgehead atoms. The highest BCUT2D eigenvalue weighted by Crippen LogP contribution is 2.35. The van der Waals surface area contributed by atoms with Gasteiger partial charge in [0, 0.05) is 29.2 Å². The number of nitriles is 1. The molecule has 26 heavy (non-hydrogen) atoms. The van der Waals surface area contributed by atoms with Crippen LogP contribution in [-0.2, 0) is 11.3 Å². The largest absolute Gasteiger partial charge is 0.508 e. The molecule has 0 spiro atoms. The highest BCUT2D eigenvalue weighted by Gasteiger charge is 2.18. The topological polar surface area (TPSA) is 87.3 Å². The molecular formula is C20H19N3O3. The van der Waals surface area contributed by atoms with E-state index in [1.807, 2.05) is 23.6 Å². The average molecular weight is 349 g/mol. The Morgan fingerprint density at radius 2 is 2.08 bits per heavy atom. The molecule has 132 valence electrons. The van der Waals surface area contributed by atoms with Crippen molar-refractivity contribution in [1.82, 2.24) is 4.57 Å². The second-order valence-corrected chi connectivity index (χ2v) is 5.71. The minimum absolute atomic E-state index is 0.151. The molecule has 2 N–H and O–H groups in total. The highest BCUT2D eigenvalue weighted by molar-refractivity contribution is 5.96. The van der Waals surface area contributed by atoms with Crippen LogP contribution in [0.5, 0.6) is 5.75 Å². The molecule has 0 fully saturated rings.